The van der Waals surface area contributed by atoms with E-state index < -0.39 is 0 Å². The predicted octanol–water partition coefficient (Wildman–Crippen LogP) is 5.66. The molecule has 160 valence electrons. The minimum Gasteiger partial charge on any atom is -0.478 e. The highest BCUT2D eigenvalue weighted by molar-refractivity contribution is 5.64. The minimum absolute atomic E-state index is 0.0987. The lowest BCUT2D eigenvalue weighted by atomic mass is 10.0. The van der Waals surface area contributed by atoms with Crippen LogP contribution in [0.3, 0.4) is 0 Å². The van der Waals surface area contributed by atoms with Crippen LogP contribution in [0.4, 0.5) is 4.39 Å². The fourth-order valence-corrected chi connectivity index (χ4v) is 3.56. The van der Waals surface area contributed by atoms with Crippen molar-refractivity contribution in [3.63, 3.8) is 0 Å². The lowest BCUT2D eigenvalue weighted by Gasteiger charge is -2.26. The van der Waals surface area contributed by atoms with Gasteiger partial charge in [-0.3, -0.25) is 4.90 Å². The monoisotopic (exact) mass is 417 g/mol. The highest BCUT2D eigenvalue weighted by Gasteiger charge is 2.10. The van der Waals surface area contributed by atoms with Crippen molar-refractivity contribution in [1.29, 1.82) is 0 Å². The summed E-state index contributed by atoms with van der Waals surface area (Å²) in [5, 5.41) is 0. The van der Waals surface area contributed by atoms with Crippen molar-refractivity contribution in [2.75, 3.05) is 33.0 Å². The molecular weight excluding hydrogens is 389 g/mol. The van der Waals surface area contributed by atoms with Crippen molar-refractivity contribution in [1.82, 2.24) is 4.90 Å². The molecule has 1 fully saturated rings. The Bertz CT molecular complexity index is 962. The number of allylic oxidation sites excluding steroid dienone is 2. The van der Waals surface area contributed by atoms with Crippen LogP contribution in [-0.2, 0) is 17.6 Å². The Kier molecular flexibility index (Phi) is 7.48. The molecule has 31 heavy (non-hydrogen) atoms. The maximum atomic E-state index is 14.3. The van der Waals surface area contributed by atoms with E-state index in [4.69, 9.17) is 9.47 Å². The molecule has 0 amide bonds. The van der Waals surface area contributed by atoms with Crippen LogP contribution in [0, 0.1) is 0 Å². The summed E-state index contributed by atoms with van der Waals surface area (Å²) in [6.45, 7) is 3.94. The number of benzene rings is 3. The molecule has 3 aromatic rings. The average molecular weight is 418 g/mol. The van der Waals surface area contributed by atoms with Gasteiger partial charge in [0.25, 0.3) is 0 Å². The van der Waals surface area contributed by atoms with E-state index in [1.165, 1.54) is 0 Å². The van der Waals surface area contributed by atoms with Crippen LogP contribution < -0.4 is 4.74 Å². The number of rotatable bonds is 8. The molecule has 0 atom stereocenters. The van der Waals surface area contributed by atoms with Crippen LogP contribution in [0.25, 0.3) is 11.1 Å². The van der Waals surface area contributed by atoms with Gasteiger partial charge >= 0.3 is 0 Å². The minimum atomic E-state index is -0.0987. The van der Waals surface area contributed by atoms with Crippen molar-refractivity contribution in [3.05, 3.63) is 102 Å². The van der Waals surface area contributed by atoms with E-state index in [1.807, 2.05) is 66.7 Å². The number of hydrogen-bond acceptors (Lipinski definition) is 3. The Balaban J connectivity index is 1.30. The zero-order valence-corrected chi connectivity index (χ0v) is 17.7. The van der Waals surface area contributed by atoms with E-state index in [1.54, 1.807) is 6.08 Å². The molecule has 1 aliphatic heterocycles. The number of hydrogen-bond donors (Lipinski definition) is 0. The third kappa shape index (κ3) is 6.51. The average Bonchev–Trinajstić information content (AvgIpc) is 2.84. The molecule has 0 aromatic heterocycles. The lowest BCUT2D eigenvalue weighted by molar-refractivity contribution is 0.00408. The van der Waals surface area contributed by atoms with Crippen molar-refractivity contribution >= 4 is 0 Å². The van der Waals surface area contributed by atoms with Crippen LogP contribution in [-0.4, -0.2) is 37.9 Å². The fourth-order valence-electron chi connectivity index (χ4n) is 3.56. The van der Waals surface area contributed by atoms with Gasteiger partial charge < -0.3 is 9.47 Å². The van der Waals surface area contributed by atoms with Crippen molar-refractivity contribution < 1.29 is 13.9 Å². The third-order valence-corrected chi connectivity index (χ3v) is 5.43. The van der Waals surface area contributed by atoms with Gasteiger partial charge in [0.15, 0.2) is 0 Å². The summed E-state index contributed by atoms with van der Waals surface area (Å²) in [4.78, 5) is 2.24. The quantitative estimate of drug-likeness (QED) is 0.472. The molecule has 1 saturated heterocycles. The molecule has 0 N–H and O–H groups in total. The standard InChI is InChI=1S/C27H28FNO2/c28-26(13-8-22-4-2-1-3-5-22)20-23-6-9-24(10-7-23)25-11-14-27(15-12-25)31-21-29-16-18-30-19-17-29/h1-7,9-15H,8,16-21H2/b26-13-. The Labute approximate surface area is 183 Å². The van der Waals surface area contributed by atoms with Crippen molar-refractivity contribution in [2.45, 2.75) is 12.8 Å². The van der Waals surface area contributed by atoms with E-state index in [0.29, 0.717) is 19.6 Å². The molecule has 0 saturated carbocycles. The molecule has 3 nitrogen and oxygen atoms in total. The summed E-state index contributed by atoms with van der Waals surface area (Å²) in [7, 11) is 0. The van der Waals surface area contributed by atoms with Gasteiger partial charge in [0.05, 0.1) is 13.2 Å². The van der Waals surface area contributed by atoms with Crippen LogP contribution >= 0.6 is 0 Å². The summed E-state index contributed by atoms with van der Waals surface area (Å²) < 4.78 is 25.5. The number of halogens is 1. The largest absolute Gasteiger partial charge is 0.478 e. The van der Waals surface area contributed by atoms with Gasteiger partial charge in [0.1, 0.15) is 18.3 Å². The first-order valence-corrected chi connectivity index (χ1v) is 10.8. The third-order valence-electron chi connectivity index (χ3n) is 5.43. The van der Waals surface area contributed by atoms with Crippen molar-refractivity contribution in [3.8, 4) is 16.9 Å². The van der Waals surface area contributed by atoms with Gasteiger partial charge in [-0.1, -0.05) is 66.7 Å². The normalized spacial score (nSPS) is 15.1. The SMILES string of the molecule is F/C(=C\Cc1ccccc1)Cc1ccc(-c2ccc(OCN3CCOCC3)cc2)cc1. The van der Waals surface area contributed by atoms with E-state index in [0.717, 1.165) is 54.3 Å². The number of nitrogens with zero attached hydrogens (tertiary/aromatic N) is 1. The zero-order chi connectivity index (χ0) is 21.3. The van der Waals surface area contributed by atoms with Crippen molar-refractivity contribution in [2.24, 2.45) is 0 Å². The maximum Gasteiger partial charge on any atom is 0.142 e. The Morgan fingerprint density at radius 3 is 2.16 bits per heavy atom. The highest BCUT2D eigenvalue weighted by Crippen LogP contribution is 2.24. The predicted molar refractivity (Wildman–Crippen MR) is 123 cm³/mol. The van der Waals surface area contributed by atoms with E-state index >= 15 is 0 Å². The first-order valence-electron chi connectivity index (χ1n) is 10.8. The van der Waals surface area contributed by atoms with Gasteiger partial charge in [-0.2, -0.15) is 0 Å². The van der Waals surface area contributed by atoms with Crippen LogP contribution in [0.5, 0.6) is 5.75 Å². The first kappa shape index (κ1) is 21.3. The molecule has 0 spiro atoms. The Morgan fingerprint density at radius 1 is 0.839 bits per heavy atom. The van der Waals surface area contributed by atoms with Gasteiger partial charge in [0.2, 0.25) is 0 Å². The second-order valence-electron chi connectivity index (χ2n) is 7.74. The second kappa shape index (κ2) is 10.9. The van der Waals surface area contributed by atoms with Crippen LogP contribution in [0.1, 0.15) is 11.1 Å². The molecule has 0 aliphatic carbocycles. The van der Waals surface area contributed by atoms with Gasteiger partial charge in [-0.25, -0.2) is 4.39 Å². The van der Waals surface area contributed by atoms with E-state index in [9.17, 15) is 4.39 Å². The molecule has 4 rings (SSSR count). The molecule has 0 radical (unpaired) electrons. The Hall–Kier alpha value is -2.95. The summed E-state index contributed by atoms with van der Waals surface area (Å²) in [5.41, 5.74) is 4.31. The van der Waals surface area contributed by atoms with E-state index in [-0.39, 0.29) is 5.83 Å². The smallest absolute Gasteiger partial charge is 0.142 e. The van der Waals surface area contributed by atoms with E-state index in [2.05, 4.69) is 17.0 Å². The van der Waals surface area contributed by atoms with Crippen LogP contribution in [0.2, 0.25) is 0 Å². The second-order valence-corrected chi connectivity index (χ2v) is 7.74. The van der Waals surface area contributed by atoms with Crippen LogP contribution in [0.15, 0.2) is 90.8 Å². The Morgan fingerprint density at radius 2 is 1.48 bits per heavy atom. The van der Waals surface area contributed by atoms with Gasteiger partial charge in [-0.05, 0) is 46.9 Å². The summed E-state index contributed by atoms with van der Waals surface area (Å²) in [6, 6.07) is 26.1. The highest BCUT2D eigenvalue weighted by atomic mass is 19.1. The molecule has 1 heterocycles. The molecule has 4 heteroatoms. The summed E-state index contributed by atoms with van der Waals surface area (Å²) in [6.07, 6.45) is 2.60. The first-order chi connectivity index (χ1) is 15.3. The molecular formula is C27H28FNO2. The number of ether oxygens (including phenoxy) is 2. The molecule has 1 aliphatic rings. The lowest BCUT2D eigenvalue weighted by Crippen LogP contribution is -2.38. The van der Waals surface area contributed by atoms with Gasteiger partial charge in [0, 0.05) is 19.5 Å². The number of morpholine rings is 1. The molecule has 3 aromatic carbocycles. The topological polar surface area (TPSA) is 21.7 Å². The zero-order valence-electron chi connectivity index (χ0n) is 17.7. The summed E-state index contributed by atoms with van der Waals surface area (Å²) in [5.74, 6) is 0.760. The molecule has 0 bridgehead atoms. The fraction of sp³-hybridized carbons (Fsp3) is 0.259. The maximum absolute atomic E-state index is 14.3. The summed E-state index contributed by atoms with van der Waals surface area (Å²) >= 11 is 0. The molecule has 0 unspecified atom stereocenters. The van der Waals surface area contributed by atoms with Gasteiger partial charge in [-0.15, -0.1) is 0 Å².